The van der Waals surface area contributed by atoms with Crippen LogP contribution in [0.3, 0.4) is 0 Å². The van der Waals surface area contributed by atoms with Gasteiger partial charge in [0.05, 0.1) is 26.2 Å². The van der Waals surface area contributed by atoms with Crippen molar-refractivity contribution in [2.45, 2.75) is 32.2 Å². The highest BCUT2D eigenvalue weighted by Gasteiger charge is 2.28. The molecule has 2 N–H and O–H groups in total. The van der Waals surface area contributed by atoms with Crippen LogP contribution >= 0.6 is 0 Å². The van der Waals surface area contributed by atoms with Crippen LogP contribution in [-0.4, -0.2) is 54.1 Å². The summed E-state index contributed by atoms with van der Waals surface area (Å²) in [5, 5.41) is 3.04. The number of rotatable bonds is 6. The van der Waals surface area contributed by atoms with Crippen LogP contribution < -0.4 is 15.1 Å². The van der Waals surface area contributed by atoms with Crippen molar-refractivity contribution in [2.75, 3.05) is 37.6 Å². The number of nitrogens with zero attached hydrogens (tertiary/aromatic N) is 3. The summed E-state index contributed by atoms with van der Waals surface area (Å²) in [5.41, 5.74) is -0.504. The second-order valence-electron chi connectivity index (χ2n) is 5.94. The number of piperazine rings is 1. The molecular formula is C17H26N5O+. The second kappa shape index (κ2) is 7.93. The van der Waals surface area contributed by atoms with E-state index in [1.807, 2.05) is 19.9 Å². The van der Waals surface area contributed by atoms with Gasteiger partial charge in [-0.25, -0.2) is 9.97 Å². The van der Waals surface area contributed by atoms with Crippen molar-refractivity contribution >= 4 is 11.9 Å². The molecule has 1 aromatic heterocycles. The van der Waals surface area contributed by atoms with Crippen LogP contribution in [-0.2, 0) is 4.79 Å². The van der Waals surface area contributed by atoms with Crippen molar-refractivity contribution < 1.29 is 9.69 Å². The zero-order valence-corrected chi connectivity index (χ0v) is 14.0. The van der Waals surface area contributed by atoms with Gasteiger partial charge in [0.15, 0.2) is 6.54 Å². The summed E-state index contributed by atoms with van der Waals surface area (Å²) in [6.45, 7) is 7.99. The molecule has 1 amide bonds. The van der Waals surface area contributed by atoms with E-state index in [1.165, 1.54) is 4.90 Å². The van der Waals surface area contributed by atoms with Gasteiger partial charge in [-0.05, 0) is 18.9 Å². The Balaban J connectivity index is 1.82. The Labute approximate surface area is 138 Å². The minimum absolute atomic E-state index is 0.0334. The van der Waals surface area contributed by atoms with Crippen LogP contribution in [0.15, 0.2) is 18.5 Å². The maximum absolute atomic E-state index is 12.3. The minimum atomic E-state index is -0.504. The molecule has 2 heterocycles. The molecule has 124 valence electrons. The van der Waals surface area contributed by atoms with Crippen molar-refractivity contribution in [1.82, 2.24) is 15.3 Å². The lowest BCUT2D eigenvalue weighted by Crippen LogP contribution is -3.16. The highest BCUT2D eigenvalue weighted by molar-refractivity contribution is 5.78. The van der Waals surface area contributed by atoms with Gasteiger partial charge in [-0.15, -0.1) is 6.42 Å². The van der Waals surface area contributed by atoms with Gasteiger partial charge in [-0.1, -0.05) is 19.8 Å². The first-order valence-corrected chi connectivity index (χ1v) is 8.26. The van der Waals surface area contributed by atoms with Crippen LogP contribution in [0, 0.1) is 12.3 Å². The predicted octanol–water partition coefficient (Wildman–Crippen LogP) is -0.510. The molecule has 0 atom stereocenters. The Morgan fingerprint density at radius 3 is 2.48 bits per heavy atom. The van der Waals surface area contributed by atoms with E-state index in [2.05, 4.69) is 26.1 Å². The molecule has 0 unspecified atom stereocenters. The van der Waals surface area contributed by atoms with E-state index in [0.29, 0.717) is 6.54 Å². The average molecular weight is 316 g/mol. The molecular weight excluding hydrogens is 290 g/mol. The molecule has 1 saturated heterocycles. The van der Waals surface area contributed by atoms with Gasteiger partial charge >= 0.3 is 0 Å². The topological polar surface area (TPSA) is 62.6 Å². The number of nitrogens with one attached hydrogen (secondary N) is 2. The van der Waals surface area contributed by atoms with Crippen molar-refractivity contribution in [3.8, 4) is 12.3 Å². The van der Waals surface area contributed by atoms with Gasteiger partial charge in [0.2, 0.25) is 5.95 Å². The Bertz CT molecular complexity index is 542. The summed E-state index contributed by atoms with van der Waals surface area (Å²) in [5.74, 6) is 3.54. The zero-order chi connectivity index (χ0) is 16.7. The monoisotopic (exact) mass is 316 g/mol. The molecule has 1 aromatic rings. The lowest BCUT2D eigenvalue weighted by atomic mass is 9.94. The number of quaternary nitrogens is 1. The van der Waals surface area contributed by atoms with E-state index in [-0.39, 0.29) is 5.91 Å². The molecule has 2 rings (SSSR count). The second-order valence-corrected chi connectivity index (χ2v) is 5.94. The van der Waals surface area contributed by atoms with Crippen molar-refractivity contribution in [1.29, 1.82) is 0 Å². The molecule has 1 aliphatic rings. The molecule has 1 fully saturated rings. The largest absolute Gasteiger partial charge is 0.335 e. The first kappa shape index (κ1) is 17.2. The van der Waals surface area contributed by atoms with E-state index in [0.717, 1.165) is 45.0 Å². The fourth-order valence-corrected chi connectivity index (χ4v) is 2.86. The number of amides is 1. The van der Waals surface area contributed by atoms with Gasteiger partial charge in [0.1, 0.15) is 5.54 Å². The zero-order valence-electron chi connectivity index (χ0n) is 14.0. The number of aromatic nitrogens is 2. The maximum Gasteiger partial charge on any atom is 0.276 e. The molecule has 0 aromatic carbocycles. The number of carbonyl (C=O) groups is 1. The summed E-state index contributed by atoms with van der Waals surface area (Å²) in [7, 11) is 0. The van der Waals surface area contributed by atoms with Crippen LogP contribution in [0.1, 0.15) is 26.7 Å². The fourth-order valence-electron chi connectivity index (χ4n) is 2.86. The Hall–Kier alpha value is -2.13. The summed E-state index contributed by atoms with van der Waals surface area (Å²) in [4.78, 5) is 24.3. The van der Waals surface area contributed by atoms with Gasteiger partial charge in [0.25, 0.3) is 5.91 Å². The SMILES string of the molecule is C#CC(CC)(CC)NC(=O)C[NH+]1CCN(c2ncccn2)CC1. The van der Waals surface area contributed by atoms with Gasteiger partial charge in [0, 0.05) is 12.4 Å². The highest BCUT2D eigenvalue weighted by atomic mass is 16.2. The molecule has 0 radical (unpaired) electrons. The van der Waals surface area contributed by atoms with Crippen LogP contribution in [0.4, 0.5) is 5.95 Å². The van der Waals surface area contributed by atoms with E-state index >= 15 is 0 Å². The first-order chi connectivity index (χ1) is 11.1. The number of terminal acetylenes is 1. The standard InChI is InChI=1S/C17H25N5O/c1-4-17(5-2,6-3)20-15(23)14-21-10-12-22(13-11-21)16-18-8-7-9-19-16/h1,7-9H,5-6,10-14H2,2-3H3,(H,20,23)/p+1. The molecule has 6 heteroatoms. The van der Waals surface area contributed by atoms with Crippen molar-refractivity contribution in [2.24, 2.45) is 0 Å². The molecule has 0 bridgehead atoms. The van der Waals surface area contributed by atoms with E-state index in [9.17, 15) is 4.79 Å². The van der Waals surface area contributed by atoms with Crippen molar-refractivity contribution in [3.05, 3.63) is 18.5 Å². The Morgan fingerprint density at radius 2 is 1.96 bits per heavy atom. The highest BCUT2D eigenvalue weighted by Crippen LogP contribution is 2.12. The number of hydrogen-bond acceptors (Lipinski definition) is 4. The summed E-state index contributed by atoms with van der Waals surface area (Å²) in [6, 6.07) is 1.81. The molecule has 0 spiro atoms. The lowest BCUT2D eigenvalue weighted by molar-refractivity contribution is -0.892. The third kappa shape index (κ3) is 4.42. The lowest BCUT2D eigenvalue weighted by Gasteiger charge is -2.33. The van der Waals surface area contributed by atoms with E-state index < -0.39 is 5.54 Å². The third-order valence-electron chi connectivity index (χ3n) is 4.58. The van der Waals surface area contributed by atoms with Crippen molar-refractivity contribution in [3.63, 3.8) is 0 Å². The number of hydrogen-bond donors (Lipinski definition) is 2. The summed E-state index contributed by atoms with van der Waals surface area (Å²) < 4.78 is 0. The molecule has 0 saturated carbocycles. The molecule has 0 aliphatic carbocycles. The number of carbonyl (C=O) groups excluding carboxylic acids is 1. The summed E-state index contributed by atoms with van der Waals surface area (Å²) in [6.07, 6.45) is 10.6. The summed E-state index contributed by atoms with van der Waals surface area (Å²) >= 11 is 0. The smallest absolute Gasteiger partial charge is 0.276 e. The van der Waals surface area contributed by atoms with Crippen LogP contribution in [0.2, 0.25) is 0 Å². The van der Waals surface area contributed by atoms with Gasteiger partial charge < -0.3 is 15.1 Å². The van der Waals surface area contributed by atoms with Gasteiger partial charge in [-0.3, -0.25) is 4.79 Å². The fraction of sp³-hybridized carbons (Fsp3) is 0.588. The van der Waals surface area contributed by atoms with E-state index in [1.54, 1.807) is 12.4 Å². The Kier molecular flexibility index (Phi) is 5.94. The predicted molar refractivity (Wildman–Crippen MR) is 90.1 cm³/mol. The average Bonchev–Trinajstić information content (AvgIpc) is 2.61. The van der Waals surface area contributed by atoms with Crippen LogP contribution in [0.25, 0.3) is 0 Å². The molecule has 23 heavy (non-hydrogen) atoms. The number of anilines is 1. The Morgan fingerprint density at radius 1 is 1.35 bits per heavy atom. The van der Waals surface area contributed by atoms with Crippen LogP contribution in [0.5, 0.6) is 0 Å². The quantitative estimate of drug-likeness (QED) is 0.694. The maximum atomic E-state index is 12.3. The van der Waals surface area contributed by atoms with Gasteiger partial charge in [-0.2, -0.15) is 0 Å². The normalized spacial score (nSPS) is 16.0. The first-order valence-electron chi connectivity index (χ1n) is 8.26. The minimum Gasteiger partial charge on any atom is -0.335 e. The third-order valence-corrected chi connectivity index (χ3v) is 4.58. The van der Waals surface area contributed by atoms with E-state index in [4.69, 9.17) is 6.42 Å². The molecule has 6 nitrogen and oxygen atoms in total. The molecule has 1 aliphatic heterocycles.